The first-order valence-electron chi connectivity index (χ1n) is 9.08. The lowest BCUT2D eigenvalue weighted by Gasteiger charge is -2.46. The lowest BCUT2D eigenvalue weighted by atomic mass is 9.70. The molecule has 1 saturated heterocycles. The number of hydrogen-bond acceptors (Lipinski definition) is 5. The van der Waals surface area contributed by atoms with Crippen molar-refractivity contribution in [3.05, 3.63) is 10.6 Å². The van der Waals surface area contributed by atoms with Crippen LogP contribution in [0.5, 0.6) is 0 Å². The van der Waals surface area contributed by atoms with Gasteiger partial charge in [-0.05, 0) is 48.4 Å². The maximum absolute atomic E-state index is 12.9. The zero-order valence-electron chi connectivity index (χ0n) is 16.5. The molecule has 1 aliphatic heterocycles. The summed E-state index contributed by atoms with van der Waals surface area (Å²) in [4.78, 5) is 29.1. The number of nitrogens with zero attached hydrogens (tertiary/aromatic N) is 5. The van der Waals surface area contributed by atoms with Crippen molar-refractivity contribution in [2.24, 2.45) is 10.8 Å². The number of amides is 1. The molecule has 2 rings (SSSR count). The number of carbonyl (C=O) groups is 1. The molecule has 0 N–H and O–H groups in total. The molecule has 1 aliphatic rings. The average molecular weight is 402 g/mol. The van der Waals surface area contributed by atoms with Gasteiger partial charge in [0.15, 0.2) is 0 Å². The Balaban J connectivity index is 2.20. The predicted molar refractivity (Wildman–Crippen MR) is 106 cm³/mol. The summed E-state index contributed by atoms with van der Waals surface area (Å²) in [6.07, 6.45) is 1.80. The van der Waals surface area contributed by atoms with Crippen LogP contribution < -0.4 is 4.90 Å². The first-order valence-corrected chi connectivity index (χ1v) is 9.84. The van der Waals surface area contributed by atoms with Crippen LogP contribution in [-0.2, 0) is 4.79 Å². The number of piperidine rings is 1. The van der Waals surface area contributed by atoms with Gasteiger partial charge in [0.25, 0.3) is 0 Å². The standard InChI is InChI=1S/C18H29Cl2N5O/c1-7-12(2)25(16-22-14(19)21-15(20)23-16)9-8-24-11-17(3,4)10-18(5,6)13(24)26/h12H,7-11H2,1-6H3. The number of carbonyl (C=O) groups excluding carboxylic acids is 1. The van der Waals surface area contributed by atoms with Gasteiger partial charge in [-0.15, -0.1) is 0 Å². The van der Waals surface area contributed by atoms with Gasteiger partial charge in [0, 0.05) is 31.1 Å². The van der Waals surface area contributed by atoms with Crippen LogP contribution in [0, 0.1) is 10.8 Å². The van der Waals surface area contributed by atoms with Crippen molar-refractivity contribution in [3.63, 3.8) is 0 Å². The van der Waals surface area contributed by atoms with Crippen LogP contribution in [0.4, 0.5) is 5.95 Å². The largest absolute Gasteiger partial charge is 0.340 e. The van der Waals surface area contributed by atoms with Gasteiger partial charge < -0.3 is 9.80 Å². The predicted octanol–water partition coefficient (Wildman–Crippen LogP) is 4.07. The molecule has 6 nitrogen and oxygen atoms in total. The maximum atomic E-state index is 12.9. The third-order valence-corrected chi connectivity index (χ3v) is 5.30. The van der Waals surface area contributed by atoms with E-state index in [9.17, 15) is 4.79 Å². The highest BCUT2D eigenvalue weighted by molar-refractivity contribution is 6.31. The monoisotopic (exact) mass is 401 g/mol. The van der Waals surface area contributed by atoms with Gasteiger partial charge in [0.1, 0.15) is 0 Å². The smallest absolute Gasteiger partial charge is 0.231 e. The molecule has 0 radical (unpaired) electrons. The van der Waals surface area contributed by atoms with Crippen LogP contribution in [0.2, 0.25) is 10.6 Å². The van der Waals surface area contributed by atoms with E-state index in [0.717, 1.165) is 19.4 Å². The highest BCUT2D eigenvalue weighted by Crippen LogP contribution is 2.40. The zero-order chi connectivity index (χ0) is 19.7. The van der Waals surface area contributed by atoms with Crippen LogP contribution in [0.3, 0.4) is 0 Å². The Morgan fingerprint density at radius 1 is 1.15 bits per heavy atom. The minimum atomic E-state index is -0.345. The molecule has 1 amide bonds. The molecule has 0 aromatic carbocycles. The van der Waals surface area contributed by atoms with Crippen molar-refractivity contribution in [1.82, 2.24) is 19.9 Å². The number of anilines is 1. The van der Waals surface area contributed by atoms with Gasteiger partial charge >= 0.3 is 0 Å². The number of halogens is 2. The lowest BCUT2D eigenvalue weighted by Crippen LogP contribution is -2.54. The molecule has 1 aromatic heterocycles. The van der Waals surface area contributed by atoms with Gasteiger partial charge in [0.2, 0.25) is 22.4 Å². The summed E-state index contributed by atoms with van der Waals surface area (Å²) in [5, 5.41) is 0.147. The first-order chi connectivity index (χ1) is 11.9. The van der Waals surface area contributed by atoms with Crippen LogP contribution in [-0.4, -0.2) is 51.4 Å². The molecular formula is C18H29Cl2N5O. The highest BCUT2D eigenvalue weighted by Gasteiger charge is 2.43. The van der Waals surface area contributed by atoms with Gasteiger partial charge in [-0.1, -0.05) is 34.6 Å². The molecule has 146 valence electrons. The van der Waals surface area contributed by atoms with E-state index in [1.165, 1.54) is 0 Å². The molecular weight excluding hydrogens is 373 g/mol. The minimum absolute atomic E-state index is 0.0737. The molecule has 1 unspecified atom stereocenters. The molecule has 2 heterocycles. The Morgan fingerprint density at radius 2 is 1.73 bits per heavy atom. The molecule has 0 saturated carbocycles. The van der Waals surface area contributed by atoms with E-state index in [2.05, 4.69) is 42.6 Å². The summed E-state index contributed by atoms with van der Waals surface area (Å²) in [7, 11) is 0. The molecule has 1 atom stereocenters. The Bertz CT molecular complexity index is 645. The summed E-state index contributed by atoms with van der Waals surface area (Å²) in [6, 6.07) is 0.186. The Hall–Kier alpha value is -1.14. The van der Waals surface area contributed by atoms with E-state index in [1.54, 1.807) is 0 Å². The van der Waals surface area contributed by atoms with Crippen molar-refractivity contribution in [2.75, 3.05) is 24.5 Å². The summed E-state index contributed by atoms with van der Waals surface area (Å²) in [5.74, 6) is 0.653. The first kappa shape index (κ1) is 21.2. The van der Waals surface area contributed by atoms with Crippen LogP contribution in [0.25, 0.3) is 0 Å². The summed E-state index contributed by atoms with van der Waals surface area (Å²) in [5.41, 5.74) is -0.249. The number of aromatic nitrogens is 3. The highest BCUT2D eigenvalue weighted by atomic mass is 35.5. The molecule has 1 fully saturated rings. The van der Waals surface area contributed by atoms with E-state index in [0.29, 0.717) is 19.0 Å². The second kappa shape index (κ2) is 7.85. The quantitative estimate of drug-likeness (QED) is 0.718. The molecule has 1 aromatic rings. The van der Waals surface area contributed by atoms with E-state index in [-0.39, 0.29) is 33.3 Å². The lowest BCUT2D eigenvalue weighted by molar-refractivity contribution is -0.149. The van der Waals surface area contributed by atoms with E-state index in [4.69, 9.17) is 23.2 Å². The van der Waals surface area contributed by atoms with Crippen molar-refractivity contribution >= 4 is 35.1 Å². The van der Waals surface area contributed by atoms with Crippen LogP contribution in [0.15, 0.2) is 0 Å². The Kier molecular flexibility index (Phi) is 6.39. The average Bonchev–Trinajstić information content (AvgIpc) is 2.49. The van der Waals surface area contributed by atoms with Gasteiger partial charge in [-0.3, -0.25) is 4.79 Å². The number of likely N-dealkylation sites (tertiary alicyclic amines) is 1. The zero-order valence-corrected chi connectivity index (χ0v) is 18.0. The topological polar surface area (TPSA) is 62.2 Å². The van der Waals surface area contributed by atoms with Crippen molar-refractivity contribution in [1.29, 1.82) is 0 Å². The second-order valence-corrected chi connectivity index (χ2v) is 9.25. The number of rotatable bonds is 6. The van der Waals surface area contributed by atoms with E-state index >= 15 is 0 Å². The molecule has 8 heteroatoms. The third kappa shape index (κ3) is 4.97. The van der Waals surface area contributed by atoms with Crippen LogP contribution >= 0.6 is 23.2 Å². The molecule has 26 heavy (non-hydrogen) atoms. The van der Waals surface area contributed by atoms with Crippen molar-refractivity contribution in [2.45, 2.75) is 60.4 Å². The molecule has 0 spiro atoms. The van der Waals surface area contributed by atoms with Crippen molar-refractivity contribution in [3.8, 4) is 0 Å². The SMILES string of the molecule is CCC(C)N(CCN1CC(C)(C)CC(C)(C)C1=O)c1nc(Cl)nc(Cl)n1. The second-order valence-electron chi connectivity index (χ2n) is 8.58. The fraction of sp³-hybridized carbons (Fsp3) is 0.778. The summed E-state index contributed by atoms with van der Waals surface area (Å²) >= 11 is 11.9. The van der Waals surface area contributed by atoms with Gasteiger partial charge in [0.05, 0.1) is 0 Å². The van der Waals surface area contributed by atoms with Gasteiger partial charge in [-0.25, -0.2) is 0 Å². The fourth-order valence-corrected chi connectivity index (χ4v) is 4.29. The Labute approximate surface area is 166 Å². The Morgan fingerprint density at radius 3 is 2.27 bits per heavy atom. The van der Waals surface area contributed by atoms with E-state index in [1.807, 2.05) is 23.6 Å². The normalized spacial score (nSPS) is 20.2. The van der Waals surface area contributed by atoms with E-state index < -0.39 is 0 Å². The van der Waals surface area contributed by atoms with Crippen LogP contribution in [0.1, 0.15) is 54.4 Å². The molecule has 0 aliphatic carbocycles. The summed E-state index contributed by atoms with van der Waals surface area (Å²) in [6.45, 7) is 14.7. The summed E-state index contributed by atoms with van der Waals surface area (Å²) < 4.78 is 0. The van der Waals surface area contributed by atoms with Gasteiger partial charge in [-0.2, -0.15) is 15.0 Å². The third-order valence-electron chi connectivity index (χ3n) is 4.97. The molecule has 0 bridgehead atoms. The van der Waals surface area contributed by atoms with Crippen molar-refractivity contribution < 1.29 is 4.79 Å². The fourth-order valence-electron chi connectivity index (χ4n) is 3.94. The number of hydrogen-bond donors (Lipinski definition) is 0. The minimum Gasteiger partial charge on any atom is -0.340 e. The maximum Gasteiger partial charge on any atom is 0.231 e.